The van der Waals surface area contributed by atoms with Crippen molar-refractivity contribution in [2.75, 3.05) is 25.0 Å². The highest BCUT2D eigenvalue weighted by Gasteiger charge is 2.28. The van der Waals surface area contributed by atoms with E-state index < -0.39 is 0 Å². The molecule has 6 nitrogen and oxygen atoms in total. The van der Waals surface area contributed by atoms with Gasteiger partial charge in [-0.15, -0.1) is 0 Å². The molecule has 1 amide bonds. The van der Waals surface area contributed by atoms with Crippen LogP contribution in [0.5, 0.6) is 0 Å². The molecule has 3 rings (SSSR count). The van der Waals surface area contributed by atoms with Crippen LogP contribution in [0.2, 0.25) is 0 Å². The maximum Gasteiger partial charge on any atom is 0.238 e. The Kier molecular flexibility index (Phi) is 4.66. The molecule has 0 bridgehead atoms. The third-order valence-electron chi connectivity index (χ3n) is 4.38. The predicted octanol–water partition coefficient (Wildman–Crippen LogP) is 2.41. The van der Waals surface area contributed by atoms with Crippen LogP contribution in [0.3, 0.4) is 0 Å². The summed E-state index contributed by atoms with van der Waals surface area (Å²) < 4.78 is 8.43. The number of carbonyl (C=O) groups excluding carboxylic acids is 1. The van der Waals surface area contributed by atoms with Crippen molar-refractivity contribution in [1.29, 1.82) is 0 Å². The molecule has 2 aliphatic rings. The first-order valence-corrected chi connectivity index (χ1v) is 8.37. The van der Waals surface area contributed by atoms with E-state index in [1.54, 1.807) is 0 Å². The number of benzene rings is 1. The van der Waals surface area contributed by atoms with Gasteiger partial charge in [0.2, 0.25) is 5.91 Å². The number of hydrogen-bond acceptors (Lipinski definition) is 5. The Hall–Kier alpha value is -1.57. The van der Waals surface area contributed by atoms with Gasteiger partial charge in [-0.1, -0.05) is 13.0 Å². The number of likely N-dealkylation sites (tertiary alicyclic amines) is 1. The van der Waals surface area contributed by atoms with Gasteiger partial charge in [0.1, 0.15) is 11.4 Å². The lowest BCUT2D eigenvalue weighted by atomic mass is 9.91. The Morgan fingerprint density at radius 1 is 1.50 bits per heavy atom. The van der Waals surface area contributed by atoms with Crippen molar-refractivity contribution in [3.63, 3.8) is 0 Å². The summed E-state index contributed by atoms with van der Waals surface area (Å²) in [5.74, 6) is 0.519. The number of piperidine rings is 1. The largest absolute Gasteiger partial charge is 0.329 e. The van der Waals surface area contributed by atoms with Gasteiger partial charge in [-0.25, -0.2) is 0 Å². The summed E-state index contributed by atoms with van der Waals surface area (Å²) >= 11 is 1.16. The number of carbonyl (C=O) groups is 1. The highest BCUT2D eigenvalue weighted by molar-refractivity contribution is 7.58. The van der Waals surface area contributed by atoms with E-state index in [1.165, 1.54) is 6.42 Å². The van der Waals surface area contributed by atoms with Crippen LogP contribution in [0.25, 0.3) is 0 Å². The molecule has 0 saturated carbocycles. The lowest BCUT2D eigenvalue weighted by molar-refractivity contribution is -0.118. The lowest BCUT2D eigenvalue weighted by Crippen LogP contribution is -2.51. The van der Waals surface area contributed by atoms with Gasteiger partial charge in [0.05, 0.1) is 23.6 Å². The average Bonchev–Trinajstić information content (AvgIpc) is 2.97. The summed E-state index contributed by atoms with van der Waals surface area (Å²) in [6.07, 6.45) is 2.31. The number of rotatable bonds is 4. The maximum absolute atomic E-state index is 12.4. The maximum atomic E-state index is 12.4. The van der Waals surface area contributed by atoms with E-state index in [9.17, 15) is 4.79 Å². The quantitative estimate of drug-likeness (QED) is 0.908. The number of anilines is 1. The van der Waals surface area contributed by atoms with Gasteiger partial charge in [0.25, 0.3) is 0 Å². The second kappa shape index (κ2) is 6.68. The van der Waals surface area contributed by atoms with E-state index in [0.29, 0.717) is 19.0 Å². The van der Waals surface area contributed by atoms with Crippen molar-refractivity contribution in [2.24, 2.45) is 20.4 Å². The normalized spacial score (nSPS) is 23.9. The van der Waals surface area contributed by atoms with Crippen LogP contribution in [0.4, 0.5) is 17.1 Å². The number of nitrogens with one attached hydrogen (secondary N) is 1. The zero-order valence-corrected chi connectivity index (χ0v) is 13.5. The van der Waals surface area contributed by atoms with Crippen LogP contribution in [-0.4, -0.2) is 36.5 Å². The minimum absolute atomic E-state index is 0.0203. The molecule has 1 fully saturated rings. The fourth-order valence-corrected chi connectivity index (χ4v) is 3.74. The van der Waals surface area contributed by atoms with Crippen LogP contribution >= 0.6 is 0 Å². The molecule has 1 aromatic rings. The second-order valence-corrected chi connectivity index (χ2v) is 6.41. The van der Waals surface area contributed by atoms with Crippen LogP contribution in [0.15, 0.2) is 26.9 Å². The van der Waals surface area contributed by atoms with Crippen molar-refractivity contribution in [3.05, 3.63) is 18.2 Å². The molecule has 118 valence electrons. The standard InChI is InChI=1S/C15H21N5OS/c1-10-4-3-7-20(13(10)8-16)9-14(21)17-11-5-2-6-12-15(11)19-22-18-12/h2,5-6,10,13H,3-4,7-9,16H2,1H3,(H,17,21). The molecule has 1 saturated heterocycles. The first-order chi connectivity index (χ1) is 10.7. The topological polar surface area (TPSA) is 83.1 Å². The number of fused-ring (bicyclic) bond motifs is 1. The van der Waals surface area contributed by atoms with Crippen molar-refractivity contribution in [1.82, 2.24) is 4.90 Å². The van der Waals surface area contributed by atoms with E-state index in [4.69, 9.17) is 5.73 Å². The minimum Gasteiger partial charge on any atom is -0.329 e. The van der Waals surface area contributed by atoms with Crippen LogP contribution in [0, 0.1) is 5.92 Å². The van der Waals surface area contributed by atoms with Crippen molar-refractivity contribution >= 4 is 34.3 Å². The van der Waals surface area contributed by atoms with Gasteiger partial charge in [0.15, 0.2) is 0 Å². The molecular formula is C15H21N5OS. The molecule has 0 radical (unpaired) electrons. The summed E-state index contributed by atoms with van der Waals surface area (Å²) in [6, 6.07) is 5.92. The molecule has 2 heterocycles. The molecule has 7 heteroatoms. The zero-order valence-electron chi connectivity index (χ0n) is 12.7. The van der Waals surface area contributed by atoms with Gasteiger partial charge >= 0.3 is 0 Å². The number of hydrogen-bond donors (Lipinski definition) is 2. The summed E-state index contributed by atoms with van der Waals surface area (Å²) in [5, 5.41) is 2.96. The first-order valence-electron chi connectivity index (χ1n) is 7.64. The van der Waals surface area contributed by atoms with Gasteiger partial charge in [-0.3, -0.25) is 9.69 Å². The Bertz CT molecular complexity index is 641. The number of nitrogens with zero attached hydrogens (tertiary/aromatic N) is 3. The Labute approximate surface area is 134 Å². The number of amides is 1. The van der Waals surface area contributed by atoms with Crippen molar-refractivity contribution < 1.29 is 4.79 Å². The molecular weight excluding hydrogens is 298 g/mol. The molecule has 1 aromatic carbocycles. The third kappa shape index (κ3) is 3.11. The smallest absolute Gasteiger partial charge is 0.238 e. The SMILES string of the molecule is CC1CCCN(CC(=O)Nc2cccc3c2N=S=N3)C1CN. The van der Waals surface area contributed by atoms with Crippen LogP contribution in [0.1, 0.15) is 19.8 Å². The molecule has 3 N–H and O–H groups in total. The molecule has 0 aromatic heterocycles. The molecule has 22 heavy (non-hydrogen) atoms. The Morgan fingerprint density at radius 2 is 2.36 bits per heavy atom. The highest BCUT2D eigenvalue weighted by atomic mass is 32.1. The molecule has 2 atom stereocenters. The van der Waals surface area contributed by atoms with E-state index in [-0.39, 0.29) is 11.9 Å². The van der Waals surface area contributed by atoms with Crippen molar-refractivity contribution in [2.45, 2.75) is 25.8 Å². The predicted molar refractivity (Wildman–Crippen MR) is 89.4 cm³/mol. The summed E-state index contributed by atoms with van der Waals surface area (Å²) in [5.41, 5.74) is 8.18. The van der Waals surface area contributed by atoms with Gasteiger partial charge < -0.3 is 11.1 Å². The van der Waals surface area contributed by atoms with Crippen LogP contribution < -0.4 is 11.1 Å². The minimum atomic E-state index is -0.0203. The third-order valence-corrected chi connectivity index (χ3v) is 4.92. The highest BCUT2D eigenvalue weighted by Crippen LogP contribution is 2.38. The Balaban J connectivity index is 1.66. The van der Waals surface area contributed by atoms with E-state index in [1.807, 2.05) is 18.2 Å². The monoisotopic (exact) mass is 319 g/mol. The molecule has 0 aliphatic carbocycles. The fourth-order valence-electron chi connectivity index (χ4n) is 3.19. The van der Waals surface area contributed by atoms with E-state index in [2.05, 4.69) is 25.9 Å². The van der Waals surface area contributed by atoms with Gasteiger partial charge in [0, 0.05) is 12.6 Å². The Morgan fingerprint density at radius 3 is 3.18 bits per heavy atom. The molecule has 2 aliphatic heterocycles. The summed E-state index contributed by atoms with van der Waals surface area (Å²) in [6.45, 7) is 4.12. The molecule has 0 spiro atoms. The first kappa shape index (κ1) is 15.3. The average molecular weight is 319 g/mol. The van der Waals surface area contributed by atoms with Crippen LogP contribution in [-0.2, 0) is 16.1 Å². The zero-order chi connectivity index (χ0) is 15.5. The second-order valence-electron chi connectivity index (χ2n) is 5.88. The lowest BCUT2D eigenvalue weighted by Gasteiger charge is -2.38. The van der Waals surface area contributed by atoms with E-state index in [0.717, 1.165) is 41.4 Å². The molecule has 2 unspecified atom stereocenters. The van der Waals surface area contributed by atoms with Gasteiger partial charge in [-0.05, 0) is 37.4 Å². The number of nitrogens with two attached hydrogens (primary N) is 1. The van der Waals surface area contributed by atoms with E-state index >= 15 is 0 Å². The summed E-state index contributed by atoms with van der Waals surface area (Å²) in [4.78, 5) is 14.6. The summed E-state index contributed by atoms with van der Waals surface area (Å²) in [7, 11) is 0. The fraction of sp³-hybridized carbons (Fsp3) is 0.533. The van der Waals surface area contributed by atoms with Crippen molar-refractivity contribution in [3.8, 4) is 0 Å². The van der Waals surface area contributed by atoms with Gasteiger partial charge in [-0.2, -0.15) is 8.73 Å².